The van der Waals surface area contributed by atoms with Gasteiger partial charge in [0.1, 0.15) is 6.04 Å². The van der Waals surface area contributed by atoms with Crippen LogP contribution in [0.3, 0.4) is 0 Å². The smallest absolute Gasteiger partial charge is 0.267 e. The molecule has 0 aliphatic carbocycles. The summed E-state index contributed by atoms with van der Waals surface area (Å²) in [5.74, 6) is -0.352. The van der Waals surface area contributed by atoms with E-state index in [1.165, 1.54) is 10.7 Å². The van der Waals surface area contributed by atoms with E-state index in [2.05, 4.69) is 20.4 Å². The van der Waals surface area contributed by atoms with Crippen molar-refractivity contribution in [2.75, 3.05) is 5.32 Å². The number of hydrogen-bond acceptors (Lipinski definition) is 5. The number of aromatic nitrogens is 4. The Morgan fingerprint density at radius 1 is 1.07 bits per heavy atom. The van der Waals surface area contributed by atoms with Crippen LogP contribution in [0.25, 0.3) is 22.2 Å². The van der Waals surface area contributed by atoms with Crippen LogP contribution in [0, 0.1) is 0 Å². The van der Waals surface area contributed by atoms with Crippen molar-refractivity contribution in [3.63, 3.8) is 0 Å². The molecule has 0 aliphatic heterocycles. The molecule has 28 heavy (non-hydrogen) atoms. The summed E-state index contributed by atoms with van der Waals surface area (Å²) in [6.07, 6.45) is 4.91. The first kappa shape index (κ1) is 17.5. The van der Waals surface area contributed by atoms with E-state index in [1.54, 1.807) is 37.6 Å². The fourth-order valence-electron chi connectivity index (χ4n) is 2.87. The summed E-state index contributed by atoms with van der Waals surface area (Å²) in [7, 11) is 0. The standard InChI is InChI=1S/C21H17N5O2/c1-14(21(28)24-17-11-15-5-2-3-7-18(15)23-13-17)26-20(27)9-8-19(25-26)16-6-4-10-22-12-16/h2-14H,1H3,(H,24,28). The molecule has 3 aromatic heterocycles. The van der Waals surface area contributed by atoms with Crippen LogP contribution >= 0.6 is 0 Å². The Morgan fingerprint density at radius 2 is 1.93 bits per heavy atom. The SMILES string of the molecule is CC(C(=O)Nc1cnc2ccccc2c1)n1nc(-c2cccnc2)ccc1=O. The van der Waals surface area contributed by atoms with Gasteiger partial charge in [0, 0.05) is 29.4 Å². The second-order valence-corrected chi connectivity index (χ2v) is 6.32. The first-order valence-corrected chi connectivity index (χ1v) is 8.78. The number of carbonyl (C=O) groups is 1. The highest BCUT2D eigenvalue weighted by atomic mass is 16.2. The molecule has 0 aliphatic rings. The van der Waals surface area contributed by atoms with Gasteiger partial charge in [-0.05, 0) is 37.3 Å². The molecule has 1 atom stereocenters. The number of pyridine rings is 2. The highest BCUT2D eigenvalue weighted by molar-refractivity contribution is 5.95. The molecule has 0 bridgehead atoms. The summed E-state index contributed by atoms with van der Waals surface area (Å²) in [6.45, 7) is 1.63. The fraction of sp³-hybridized carbons (Fsp3) is 0.0952. The zero-order valence-electron chi connectivity index (χ0n) is 15.1. The van der Waals surface area contributed by atoms with Crippen LogP contribution in [0.2, 0.25) is 0 Å². The maximum Gasteiger partial charge on any atom is 0.267 e. The van der Waals surface area contributed by atoms with Gasteiger partial charge in [0.15, 0.2) is 0 Å². The summed E-state index contributed by atoms with van der Waals surface area (Å²) < 4.78 is 1.17. The Balaban J connectivity index is 1.60. The molecule has 1 amide bonds. The zero-order chi connectivity index (χ0) is 19.5. The van der Waals surface area contributed by atoms with E-state index in [4.69, 9.17) is 0 Å². The van der Waals surface area contributed by atoms with Gasteiger partial charge in [-0.2, -0.15) is 5.10 Å². The highest BCUT2D eigenvalue weighted by Crippen LogP contribution is 2.18. The molecule has 1 N–H and O–H groups in total. The van der Waals surface area contributed by atoms with E-state index in [1.807, 2.05) is 36.4 Å². The second-order valence-electron chi connectivity index (χ2n) is 6.32. The van der Waals surface area contributed by atoms with Crippen molar-refractivity contribution >= 4 is 22.5 Å². The molecule has 1 aromatic carbocycles. The quantitative estimate of drug-likeness (QED) is 0.595. The van der Waals surface area contributed by atoms with Crippen LogP contribution in [0.4, 0.5) is 5.69 Å². The lowest BCUT2D eigenvalue weighted by molar-refractivity contribution is -0.119. The highest BCUT2D eigenvalue weighted by Gasteiger charge is 2.18. The molecule has 4 rings (SSSR count). The molecular formula is C21H17N5O2. The van der Waals surface area contributed by atoms with Gasteiger partial charge in [0.2, 0.25) is 5.91 Å². The molecule has 0 radical (unpaired) electrons. The van der Waals surface area contributed by atoms with Gasteiger partial charge >= 0.3 is 0 Å². The van der Waals surface area contributed by atoms with Crippen molar-refractivity contribution in [3.8, 4) is 11.3 Å². The van der Waals surface area contributed by atoms with Gasteiger partial charge in [-0.3, -0.25) is 19.6 Å². The Kier molecular flexibility index (Phi) is 4.63. The molecule has 1 unspecified atom stereocenters. The molecule has 0 spiro atoms. The number of nitrogens with zero attached hydrogens (tertiary/aromatic N) is 4. The monoisotopic (exact) mass is 371 g/mol. The second kappa shape index (κ2) is 7.40. The Morgan fingerprint density at radius 3 is 2.75 bits per heavy atom. The van der Waals surface area contributed by atoms with Gasteiger partial charge in [-0.15, -0.1) is 0 Å². The molecule has 7 heteroatoms. The lowest BCUT2D eigenvalue weighted by Crippen LogP contribution is -2.33. The average Bonchev–Trinajstić information content (AvgIpc) is 2.74. The molecule has 3 heterocycles. The van der Waals surface area contributed by atoms with Crippen molar-refractivity contribution in [1.82, 2.24) is 19.7 Å². The number of carbonyl (C=O) groups excluding carboxylic acids is 1. The summed E-state index contributed by atoms with van der Waals surface area (Å²) in [4.78, 5) is 33.4. The van der Waals surface area contributed by atoms with Crippen LogP contribution in [0.15, 0.2) is 78.0 Å². The molecule has 0 saturated heterocycles. The summed E-state index contributed by atoms with van der Waals surface area (Å²) in [5.41, 5.74) is 2.39. The predicted molar refractivity (Wildman–Crippen MR) is 107 cm³/mol. The Labute approximate surface area is 160 Å². The fourth-order valence-corrected chi connectivity index (χ4v) is 2.87. The maximum absolute atomic E-state index is 12.7. The summed E-state index contributed by atoms with van der Waals surface area (Å²) in [5, 5.41) is 8.07. The minimum absolute atomic E-state index is 0.352. The maximum atomic E-state index is 12.7. The number of hydrogen-bond donors (Lipinski definition) is 1. The normalized spacial score (nSPS) is 11.9. The zero-order valence-corrected chi connectivity index (χ0v) is 15.1. The van der Waals surface area contributed by atoms with E-state index in [-0.39, 0.29) is 11.5 Å². The number of benzene rings is 1. The number of anilines is 1. The number of nitrogens with one attached hydrogen (secondary N) is 1. The molecule has 7 nitrogen and oxygen atoms in total. The van der Waals surface area contributed by atoms with E-state index >= 15 is 0 Å². The minimum Gasteiger partial charge on any atom is -0.323 e. The van der Waals surface area contributed by atoms with Crippen LogP contribution in [0.5, 0.6) is 0 Å². The van der Waals surface area contributed by atoms with Crippen molar-refractivity contribution in [3.05, 3.63) is 83.5 Å². The van der Waals surface area contributed by atoms with Gasteiger partial charge in [-0.1, -0.05) is 18.2 Å². The van der Waals surface area contributed by atoms with Crippen LogP contribution in [-0.4, -0.2) is 25.7 Å². The molecule has 0 fully saturated rings. The molecule has 0 saturated carbocycles. The van der Waals surface area contributed by atoms with Crippen molar-refractivity contribution in [2.24, 2.45) is 0 Å². The van der Waals surface area contributed by atoms with E-state index < -0.39 is 6.04 Å². The lowest BCUT2D eigenvalue weighted by Gasteiger charge is -2.15. The minimum atomic E-state index is -0.796. The van der Waals surface area contributed by atoms with Gasteiger partial charge in [0.25, 0.3) is 5.56 Å². The largest absolute Gasteiger partial charge is 0.323 e. The van der Waals surface area contributed by atoms with Gasteiger partial charge < -0.3 is 5.32 Å². The van der Waals surface area contributed by atoms with Crippen LogP contribution in [0.1, 0.15) is 13.0 Å². The topological polar surface area (TPSA) is 89.8 Å². The first-order chi connectivity index (χ1) is 13.6. The van der Waals surface area contributed by atoms with Crippen molar-refractivity contribution in [2.45, 2.75) is 13.0 Å². The first-order valence-electron chi connectivity index (χ1n) is 8.78. The van der Waals surface area contributed by atoms with Crippen LogP contribution in [-0.2, 0) is 4.79 Å². The van der Waals surface area contributed by atoms with Gasteiger partial charge in [0.05, 0.1) is 23.1 Å². The molecule has 138 valence electrons. The third-order valence-corrected chi connectivity index (χ3v) is 4.39. The predicted octanol–water partition coefficient (Wildman–Crippen LogP) is 3.05. The number of para-hydroxylation sites is 1. The van der Waals surface area contributed by atoms with Crippen LogP contribution < -0.4 is 10.9 Å². The Hall–Kier alpha value is -3.87. The molecule has 4 aromatic rings. The van der Waals surface area contributed by atoms with Gasteiger partial charge in [-0.25, -0.2) is 4.68 Å². The third kappa shape index (κ3) is 3.50. The van der Waals surface area contributed by atoms with Crippen molar-refractivity contribution < 1.29 is 4.79 Å². The number of rotatable bonds is 4. The molecular weight excluding hydrogens is 354 g/mol. The Bertz CT molecular complexity index is 1200. The third-order valence-electron chi connectivity index (χ3n) is 4.39. The van der Waals surface area contributed by atoms with E-state index in [9.17, 15) is 9.59 Å². The lowest BCUT2D eigenvalue weighted by atomic mass is 10.2. The summed E-state index contributed by atoms with van der Waals surface area (Å²) in [6, 6.07) is 15.3. The summed E-state index contributed by atoms with van der Waals surface area (Å²) >= 11 is 0. The van der Waals surface area contributed by atoms with E-state index in [0.717, 1.165) is 16.5 Å². The average molecular weight is 371 g/mol. The number of fused-ring (bicyclic) bond motifs is 1. The number of amides is 1. The van der Waals surface area contributed by atoms with Crippen molar-refractivity contribution in [1.29, 1.82) is 0 Å². The van der Waals surface area contributed by atoms with E-state index in [0.29, 0.717) is 11.4 Å².